The normalized spacial score (nSPS) is 18.1. The second-order valence-electron chi connectivity index (χ2n) is 11.1. The molecule has 3 aromatic carbocycles. The Morgan fingerprint density at radius 1 is 0.881 bits per heavy atom. The van der Waals surface area contributed by atoms with Crippen LogP contribution in [0.1, 0.15) is 56.2 Å². The second-order valence-corrected chi connectivity index (χ2v) is 11.1. The molecule has 1 aliphatic carbocycles. The van der Waals surface area contributed by atoms with Crippen molar-refractivity contribution in [3.8, 4) is 23.0 Å². The molecule has 0 fully saturated rings. The van der Waals surface area contributed by atoms with E-state index in [0.717, 1.165) is 22.7 Å². The number of ketones is 1. The van der Waals surface area contributed by atoms with Crippen LogP contribution in [0.25, 0.3) is 0 Å². The van der Waals surface area contributed by atoms with Gasteiger partial charge in [-0.3, -0.25) is 14.5 Å². The molecule has 8 heteroatoms. The van der Waals surface area contributed by atoms with Gasteiger partial charge in [0, 0.05) is 24.1 Å². The number of hydrogen-bond donors (Lipinski definition) is 1. The van der Waals surface area contributed by atoms with Gasteiger partial charge in [0.15, 0.2) is 17.3 Å². The van der Waals surface area contributed by atoms with Gasteiger partial charge in [0.05, 0.1) is 45.9 Å². The first-order valence-corrected chi connectivity index (χ1v) is 14.2. The summed E-state index contributed by atoms with van der Waals surface area (Å²) in [4.78, 5) is 30.2. The summed E-state index contributed by atoms with van der Waals surface area (Å²) in [5, 5.41) is 3.58. The number of nitrogens with zero attached hydrogens (tertiary/aromatic N) is 1. The molecule has 1 heterocycles. The number of carbonyl (C=O) groups is 2. The van der Waals surface area contributed by atoms with Gasteiger partial charge >= 0.3 is 0 Å². The molecule has 2 atom stereocenters. The van der Waals surface area contributed by atoms with Crippen LogP contribution in [-0.4, -0.2) is 40.1 Å². The smallest absolute Gasteiger partial charge is 0.228 e. The standard InChI is InChI=1S/C34H38N2O6/c1-20(2)15-31(38)36-27-10-8-7-9-25(27)35-26-16-22(21-11-13-24(39-3)14-12-21)17-28(37)32(26)33(36)23-18-29(40-4)34(42-6)30(19-23)41-5/h7-14,18-20,22,33,35H,15-17H2,1-6H3/t22-,33+/m1/s1. The lowest BCUT2D eigenvalue weighted by molar-refractivity contribution is -0.119. The first kappa shape index (κ1) is 29.0. The number of ether oxygens (including phenoxy) is 4. The van der Waals surface area contributed by atoms with Gasteiger partial charge < -0.3 is 24.3 Å². The van der Waals surface area contributed by atoms with Crippen LogP contribution in [0.2, 0.25) is 0 Å². The van der Waals surface area contributed by atoms with Crippen molar-refractivity contribution in [1.29, 1.82) is 0 Å². The van der Waals surface area contributed by atoms with Crippen molar-refractivity contribution in [2.75, 3.05) is 38.7 Å². The summed E-state index contributed by atoms with van der Waals surface area (Å²) in [6.07, 6.45) is 1.24. The van der Waals surface area contributed by atoms with Crippen molar-refractivity contribution in [3.63, 3.8) is 0 Å². The van der Waals surface area contributed by atoms with E-state index in [0.29, 0.717) is 53.3 Å². The van der Waals surface area contributed by atoms with Gasteiger partial charge in [0.25, 0.3) is 0 Å². The monoisotopic (exact) mass is 570 g/mol. The predicted molar refractivity (Wildman–Crippen MR) is 163 cm³/mol. The molecule has 0 aromatic heterocycles. The van der Waals surface area contributed by atoms with E-state index in [-0.39, 0.29) is 23.5 Å². The van der Waals surface area contributed by atoms with Crippen LogP contribution in [-0.2, 0) is 9.59 Å². The SMILES string of the molecule is COc1ccc([C@H]2CC(=O)C3=C(C2)Nc2ccccc2N(C(=O)CC(C)C)[C@H]3c2cc(OC)c(OC)c(OC)c2)cc1. The third kappa shape index (κ3) is 5.41. The van der Waals surface area contributed by atoms with E-state index in [1.165, 1.54) is 0 Å². The predicted octanol–water partition coefficient (Wildman–Crippen LogP) is 6.67. The maximum absolute atomic E-state index is 14.3. The van der Waals surface area contributed by atoms with Crippen molar-refractivity contribution < 1.29 is 28.5 Å². The van der Waals surface area contributed by atoms with Gasteiger partial charge in [-0.1, -0.05) is 38.1 Å². The molecule has 5 rings (SSSR count). The topological polar surface area (TPSA) is 86.3 Å². The van der Waals surface area contributed by atoms with Crippen molar-refractivity contribution >= 4 is 23.1 Å². The molecule has 0 saturated heterocycles. The molecular formula is C34H38N2O6. The number of hydrogen-bond acceptors (Lipinski definition) is 7. The summed E-state index contributed by atoms with van der Waals surface area (Å²) in [5.74, 6) is 2.13. The van der Waals surface area contributed by atoms with E-state index in [1.807, 2.05) is 74.5 Å². The van der Waals surface area contributed by atoms with Crippen LogP contribution in [0, 0.1) is 5.92 Å². The fourth-order valence-electron chi connectivity index (χ4n) is 6.00. The average Bonchev–Trinajstić information content (AvgIpc) is 3.14. The highest BCUT2D eigenvalue weighted by molar-refractivity contribution is 6.06. The summed E-state index contributed by atoms with van der Waals surface area (Å²) in [7, 11) is 6.30. The van der Waals surface area contributed by atoms with E-state index < -0.39 is 6.04 Å². The van der Waals surface area contributed by atoms with Gasteiger partial charge in [-0.05, 0) is 65.8 Å². The number of para-hydroxylation sites is 2. The Bertz CT molecular complexity index is 1490. The van der Waals surface area contributed by atoms with Crippen LogP contribution in [0.5, 0.6) is 23.0 Å². The lowest BCUT2D eigenvalue weighted by Gasteiger charge is -2.36. The zero-order valence-electron chi connectivity index (χ0n) is 25.0. The van der Waals surface area contributed by atoms with Crippen molar-refractivity contribution in [2.45, 2.75) is 45.1 Å². The fourth-order valence-corrected chi connectivity index (χ4v) is 6.00. The van der Waals surface area contributed by atoms with Crippen LogP contribution < -0.4 is 29.2 Å². The molecule has 8 nitrogen and oxygen atoms in total. The Hall–Kier alpha value is -4.46. The number of nitrogens with one attached hydrogen (secondary N) is 1. The highest BCUT2D eigenvalue weighted by Gasteiger charge is 2.42. The minimum atomic E-state index is -0.708. The van der Waals surface area contributed by atoms with Gasteiger partial charge in [-0.25, -0.2) is 0 Å². The third-order valence-corrected chi connectivity index (χ3v) is 7.93. The number of benzene rings is 3. The van der Waals surface area contributed by atoms with Crippen molar-refractivity contribution in [2.24, 2.45) is 5.92 Å². The lowest BCUT2D eigenvalue weighted by Crippen LogP contribution is -2.39. The summed E-state index contributed by atoms with van der Waals surface area (Å²) in [6, 6.07) is 18.6. The molecule has 0 saturated carbocycles. The fraction of sp³-hybridized carbons (Fsp3) is 0.353. The Morgan fingerprint density at radius 3 is 2.14 bits per heavy atom. The summed E-state index contributed by atoms with van der Waals surface area (Å²) < 4.78 is 22.3. The molecule has 1 amide bonds. The second kappa shape index (κ2) is 12.2. The molecule has 220 valence electrons. The maximum atomic E-state index is 14.3. The number of allylic oxidation sites excluding steroid dienone is 1. The van der Waals surface area contributed by atoms with Gasteiger partial charge in [-0.2, -0.15) is 0 Å². The molecule has 1 N–H and O–H groups in total. The molecule has 2 aliphatic rings. The maximum Gasteiger partial charge on any atom is 0.228 e. The zero-order chi connectivity index (χ0) is 30.0. The Morgan fingerprint density at radius 2 is 1.55 bits per heavy atom. The highest BCUT2D eigenvalue weighted by atomic mass is 16.5. The summed E-state index contributed by atoms with van der Waals surface area (Å²) in [6.45, 7) is 4.04. The van der Waals surface area contributed by atoms with E-state index in [9.17, 15) is 9.59 Å². The number of rotatable bonds is 8. The molecule has 0 radical (unpaired) electrons. The number of fused-ring (bicyclic) bond motifs is 1. The largest absolute Gasteiger partial charge is 0.497 e. The number of carbonyl (C=O) groups excluding carboxylic acids is 2. The van der Waals surface area contributed by atoms with Crippen LogP contribution in [0.3, 0.4) is 0 Å². The van der Waals surface area contributed by atoms with Crippen LogP contribution in [0.15, 0.2) is 71.9 Å². The average molecular weight is 571 g/mol. The Labute approximate surface area is 247 Å². The first-order chi connectivity index (χ1) is 20.3. The Balaban J connectivity index is 1.74. The van der Waals surface area contributed by atoms with Crippen molar-refractivity contribution in [1.82, 2.24) is 0 Å². The molecule has 3 aromatic rings. The van der Waals surface area contributed by atoms with E-state index in [2.05, 4.69) is 5.32 Å². The molecule has 42 heavy (non-hydrogen) atoms. The minimum absolute atomic E-state index is 0.0153. The quantitative estimate of drug-likeness (QED) is 0.324. The van der Waals surface area contributed by atoms with Crippen molar-refractivity contribution in [3.05, 3.63) is 83.1 Å². The van der Waals surface area contributed by atoms with Crippen LogP contribution in [0.4, 0.5) is 11.4 Å². The number of methoxy groups -OCH3 is 4. The van der Waals surface area contributed by atoms with Gasteiger partial charge in [0.2, 0.25) is 11.7 Å². The minimum Gasteiger partial charge on any atom is -0.497 e. The lowest BCUT2D eigenvalue weighted by atomic mass is 9.78. The van der Waals surface area contributed by atoms with Crippen LogP contribution >= 0.6 is 0 Å². The highest BCUT2D eigenvalue weighted by Crippen LogP contribution is 2.50. The molecular weight excluding hydrogens is 532 g/mol. The van der Waals surface area contributed by atoms with E-state index in [1.54, 1.807) is 33.3 Å². The summed E-state index contributed by atoms with van der Waals surface area (Å²) >= 11 is 0. The van der Waals surface area contributed by atoms with E-state index in [4.69, 9.17) is 18.9 Å². The molecule has 0 unspecified atom stereocenters. The Kier molecular flexibility index (Phi) is 8.43. The number of anilines is 2. The number of amides is 1. The summed E-state index contributed by atoms with van der Waals surface area (Å²) in [5.41, 5.74) is 4.63. The number of Topliss-reactive ketones (excluding diaryl/α,β-unsaturated/α-hetero) is 1. The van der Waals surface area contributed by atoms with Gasteiger partial charge in [0.1, 0.15) is 5.75 Å². The zero-order valence-corrected chi connectivity index (χ0v) is 25.0. The third-order valence-electron chi connectivity index (χ3n) is 7.93. The van der Waals surface area contributed by atoms with Gasteiger partial charge in [-0.15, -0.1) is 0 Å². The van der Waals surface area contributed by atoms with E-state index >= 15 is 0 Å². The molecule has 1 aliphatic heterocycles. The first-order valence-electron chi connectivity index (χ1n) is 14.2. The molecule has 0 spiro atoms. The molecule has 0 bridgehead atoms.